The van der Waals surface area contributed by atoms with E-state index in [9.17, 15) is 9.59 Å². The lowest BCUT2D eigenvalue weighted by molar-refractivity contribution is -0.162. The molecule has 0 saturated carbocycles. The van der Waals surface area contributed by atoms with Gasteiger partial charge in [0.15, 0.2) is 14.4 Å². The van der Waals surface area contributed by atoms with Crippen LogP contribution in [0.4, 0.5) is 0 Å². The van der Waals surface area contributed by atoms with Crippen molar-refractivity contribution in [3.05, 3.63) is 0 Å². The molecule has 0 spiro atoms. The minimum Gasteiger partial charge on any atom is -0.469 e. The van der Waals surface area contributed by atoms with E-state index in [1.54, 1.807) is 0 Å². The summed E-state index contributed by atoms with van der Waals surface area (Å²) in [5.74, 6) is -1.60. The highest BCUT2D eigenvalue weighted by Gasteiger charge is 2.45. The molecule has 0 bridgehead atoms. The van der Waals surface area contributed by atoms with Crippen molar-refractivity contribution in [2.24, 2.45) is 5.92 Å². The van der Waals surface area contributed by atoms with Crippen LogP contribution in [0.25, 0.3) is 0 Å². The first-order valence-corrected chi connectivity index (χ1v) is 9.76. The predicted octanol–water partition coefficient (Wildman–Crippen LogP) is 2.75. The summed E-state index contributed by atoms with van der Waals surface area (Å²) in [4.78, 5) is 23.9. The number of ether oxygens (including phenoxy) is 2. The molecule has 0 aliphatic rings. The molecular weight excluding hydrogens is 276 g/mol. The van der Waals surface area contributed by atoms with Crippen LogP contribution in [-0.4, -0.2) is 40.6 Å². The Balaban J connectivity index is 5.38. The lowest BCUT2D eigenvalue weighted by atomic mass is 10.00. The zero-order valence-electron chi connectivity index (χ0n) is 13.9. The van der Waals surface area contributed by atoms with Gasteiger partial charge in [-0.2, -0.15) is 0 Å². The largest absolute Gasteiger partial charge is 0.469 e. The normalized spacial score (nSPS) is 15.4. The Morgan fingerprint density at radius 3 is 1.80 bits per heavy atom. The molecule has 0 N–H and O–H groups in total. The van der Waals surface area contributed by atoms with Gasteiger partial charge in [-0.3, -0.25) is 4.79 Å². The second-order valence-corrected chi connectivity index (χ2v) is 11.1. The molecule has 0 aromatic carbocycles. The molecule has 0 rings (SSSR count). The molecule has 118 valence electrons. The summed E-state index contributed by atoms with van der Waals surface area (Å²) < 4.78 is 15.7. The third-order valence-electron chi connectivity index (χ3n) is 3.97. The smallest absolute Gasteiger partial charge is 0.334 e. The van der Waals surface area contributed by atoms with Crippen molar-refractivity contribution in [1.29, 1.82) is 0 Å². The van der Waals surface area contributed by atoms with Crippen molar-refractivity contribution in [2.45, 2.75) is 58.4 Å². The van der Waals surface area contributed by atoms with Crippen molar-refractivity contribution in [1.82, 2.24) is 0 Å². The first-order chi connectivity index (χ1) is 9.01. The van der Waals surface area contributed by atoms with Crippen LogP contribution in [0.15, 0.2) is 0 Å². The van der Waals surface area contributed by atoms with Crippen molar-refractivity contribution in [3.63, 3.8) is 0 Å². The Labute approximate surface area is 123 Å². The molecule has 0 saturated heterocycles. The van der Waals surface area contributed by atoms with E-state index in [-0.39, 0.29) is 5.04 Å². The fraction of sp³-hybridized carbons (Fsp3) is 0.857. The molecule has 6 heteroatoms. The highest BCUT2D eigenvalue weighted by molar-refractivity contribution is 6.74. The van der Waals surface area contributed by atoms with Crippen LogP contribution >= 0.6 is 0 Å². The maximum Gasteiger partial charge on any atom is 0.334 e. The molecule has 0 radical (unpaired) electrons. The standard InChI is InChI=1S/C14H28O5Si/c1-9-10(12(15)17-5)11(13(16)18-6)19-20(7,8)14(2,3)4/h10-11H,9H2,1-8H3/t10-,11-/m1/s1. The SMILES string of the molecule is CC[C@@H](C(=O)OC)[C@@H](O[Si](C)(C)C(C)(C)C)C(=O)OC. The van der Waals surface area contributed by atoms with Crippen molar-refractivity contribution in [3.8, 4) is 0 Å². The monoisotopic (exact) mass is 304 g/mol. The summed E-state index contributed by atoms with van der Waals surface area (Å²) in [5.41, 5.74) is 0. The number of hydrogen-bond donors (Lipinski definition) is 0. The van der Waals surface area contributed by atoms with Gasteiger partial charge in [0.1, 0.15) is 0 Å². The molecule has 0 aromatic heterocycles. The van der Waals surface area contributed by atoms with Gasteiger partial charge in [0.2, 0.25) is 0 Å². The zero-order valence-corrected chi connectivity index (χ0v) is 14.9. The number of hydrogen-bond acceptors (Lipinski definition) is 5. The average Bonchev–Trinajstić information content (AvgIpc) is 2.35. The van der Waals surface area contributed by atoms with E-state index in [1.807, 2.05) is 20.0 Å². The third-order valence-corrected chi connectivity index (χ3v) is 8.43. The maximum absolute atomic E-state index is 12.0. The number of rotatable bonds is 6. The van der Waals surface area contributed by atoms with Gasteiger partial charge in [-0.05, 0) is 24.6 Å². The fourth-order valence-electron chi connectivity index (χ4n) is 1.56. The number of carbonyl (C=O) groups is 2. The van der Waals surface area contributed by atoms with E-state index in [4.69, 9.17) is 13.9 Å². The van der Waals surface area contributed by atoms with Crippen LogP contribution < -0.4 is 0 Å². The number of esters is 2. The Morgan fingerprint density at radius 1 is 1.05 bits per heavy atom. The minimum absolute atomic E-state index is 0.0618. The fourth-order valence-corrected chi connectivity index (χ4v) is 2.81. The molecule has 5 nitrogen and oxygen atoms in total. The first-order valence-electron chi connectivity index (χ1n) is 6.85. The van der Waals surface area contributed by atoms with E-state index in [0.717, 1.165) is 0 Å². The van der Waals surface area contributed by atoms with E-state index < -0.39 is 32.3 Å². The second-order valence-electron chi connectivity index (χ2n) is 6.36. The summed E-state index contributed by atoms with van der Waals surface area (Å²) in [6, 6.07) is 0. The van der Waals surface area contributed by atoms with Gasteiger partial charge in [0, 0.05) is 0 Å². The minimum atomic E-state index is -2.19. The molecule has 0 unspecified atom stereocenters. The lowest BCUT2D eigenvalue weighted by Gasteiger charge is -2.39. The molecule has 20 heavy (non-hydrogen) atoms. The van der Waals surface area contributed by atoms with Gasteiger partial charge < -0.3 is 13.9 Å². The van der Waals surface area contributed by atoms with E-state index >= 15 is 0 Å². The predicted molar refractivity (Wildman–Crippen MR) is 79.9 cm³/mol. The second kappa shape index (κ2) is 7.22. The molecule has 0 aliphatic carbocycles. The van der Waals surface area contributed by atoms with Gasteiger partial charge in [0.05, 0.1) is 20.1 Å². The van der Waals surface area contributed by atoms with Crippen LogP contribution in [0.1, 0.15) is 34.1 Å². The van der Waals surface area contributed by atoms with E-state index in [1.165, 1.54) is 14.2 Å². The third kappa shape index (κ3) is 4.59. The van der Waals surface area contributed by atoms with E-state index in [2.05, 4.69) is 20.8 Å². The van der Waals surface area contributed by atoms with Crippen LogP contribution in [0.2, 0.25) is 18.1 Å². The van der Waals surface area contributed by atoms with E-state index in [0.29, 0.717) is 6.42 Å². The Bertz CT molecular complexity index is 346. The maximum atomic E-state index is 12.0. The Morgan fingerprint density at radius 2 is 1.50 bits per heavy atom. The summed E-state index contributed by atoms with van der Waals surface area (Å²) >= 11 is 0. The highest BCUT2D eigenvalue weighted by atomic mass is 28.4. The quantitative estimate of drug-likeness (QED) is 0.558. The average molecular weight is 304 g/mol. The first kappa shape index (κ1) is 19.1. The number of methoxy groups -OCH3 is 2. The molecule has 0 heterocycles. The molecule has 2 atom stereocenters. The van der Waals surface area contributed by atoms with Crippen LogP contribution in [0.5, 0.6) is 0 Å². The molecule has 0 amide bonds. The van der Waals surface area contributed by atoms with Crippen molar-refractivity contribution in [2.75, 3.05) is 14.2 Å². The number of carbonyl (C=O) groups excluding carboxylic acids is 2. The molecule has 0 aromatic rings. The summed E-state index contributed by atoms with van der Waals surface area (Å²) in [5, 5.41) is -0.0618. The van der Waals surface area contributed by atoms with Crippen molar-refractivity contribution >= 4 is 20.3 Å². The summed E-state index contributed by atoms with van der Waals surface area (Å²) in [6.07, 6.45) is -0.445. The lowest BCUT2D eigenvalue weighted by Crippen LogP contribution is -2.50. The zero-order chi connectivity index (χ0) is 16.1. The van der Waals surface area contributed by atoms with Gasteiger partial charge in [-0.1, -0.05) is 27.7 Å². The Hall–Kier alpha value is -0.883. The van der Waals surface area contributed by atoms with Crippen LogP contribution in [0.3, 0.4) is 0 Å². The summed E-state index contributed by atoms with van der Waals surface area (Å²) in [7, 11) is 0.418. The molecular formula is C14H28O5Si. The van der Waals surface area contributed by atoms with Gasteiger partial charge in [-0.15, -0.1) is 0 Å². The van der Waals surface area contributed by atoms with Gasteiger partial charge >= 0.3 is 11.9 Å². The molecule has 0 aliphatic heterocycles. The van der Waals surface area contributed by atoms with Crippen LogP contribution in [-0.2, 0) is 23.5 Å². The van der Waals surface area contributed by atoms with Gasteiger partial charge in [-0.25, -0.2) is 4.79 Å². The van der Waals surface area contributed by atoms with Crippen molar-refractivity contribution < 1.29 is 23.5 Å². The highest BCUT2D eigenvalue weighted by Crippen LogP contribution is 2.38. The summed E-state index contributed by atoms with van der Waals surface area (Å²) in [6.45, 7) is 12.1. The molecule has 0 fully saturated rings. The topological polar surface area (TPSA) is 61.8 Å². The van der Waals surface area contributed by atoms with Gasteiger partial charge in [0.25, 0.3) is 0 Å². The van der Waals surface area contributed by atoms with Crippen LogP contribution in [0, 0.1) is 5.92 Å². The Kier molecular flexibility index (Phi) is 6.90.